The number of benzene rings is 2. The number of nitrogens with one attached hydrogen (secondary N) is 2. The molecule has 0 saturated carbocycles. The third-order valence-corrected chi connectivity index (χ3v) is 10.2. The van der Waals surface area contributed by atoms with Gasteiger partial charge in [-0.3, -0.25) is 14.8 Å². The molecule has 5 aromatic rings. The van der Waals surface area contributed by atoms with Crippen molar-refractivity contribution in [1.82, 2.24) is 29.6 Å². The molecule has 9 nitrogen and oxygen atoms in total. The van der Waals surface area contributed by atoms with Crippen LogP contribution in [0.3, 0.4) is 0 Å². The van der Waals surface area contributed by atoms with E-state index in [-0.39, 0.29) is 13.0 Å². The molecule has 3 aliphatic heterocycles. The second-order valence-electron chi connectivity index (χ2n) is 11.5. The Labute approximate surface area is 260 Å². The van der Waals surface area contributed by atoms with Gasteiger partial charge in [-0.15, -0.1) is 11.3 Å². The number of hydrogen-bond acceptors (Lipinski definition) is 7. The Kier molecular flexibility index (Phi) is 6.66. The zero-order valence-electron chi connectivity index (χ0n) is 22.9. The van der Waals surface area contributed by atoms with Gasteiger partial charge >= 0.3 is 0 Å². The molecular weight excluding hydrogens is 610 g/mol. The molecule has 8 rings (SSSR count). The van der Waals surface area contributed by atoms with Gasteiger partial charge in [-0.25, -0.2) is 14.4 Å². The molecule has 6 heterocycles. The lowest BCUT2D eigenvalue weighted by atomic mass is 10.0. The minimum Gasteiger partial charge on any atom is -0.371 e. The predicted molar refractivity (Wildman–Crippen MR) is 167 cm³/mol. The Hall–Kier alpha value is -3.51. The molecule has 13 heteroatoms. The fourth-order valence-electron chi connectivity index (χ4n) is 6.73. The highest BCUT2D eigenvalue weighted by atomic mass is 35.5. The van der Waals surface area contributed by atoms with Gasteiger partial charge in [-0.2, -0.15) is 5.10 Å². The number of rotatable bonds is 6. The summed E-state index contributed by atoms with van der Waals surface area (Å²) in [6, 6.07) is 9.25. The molecular formula is C30H27Cl2FN8OS. The summed E-state index contributed by atoms with van der Waals surface area (Å²) in [6.07, 6.45) is 4.03. The number of halogens is 3. The van der Waals surface area contributed by atoms with Crippen molar-refractivity contribution in [3.05, 3.63) is 75.9 Å². The van der Waals surface area contributed by atoms with Crippen LogP contribution in [0, 0.1) is 11.8 Å². The average molecular weight is 638 g/mol. The van der Waals surface area contributed by atoms with Crippen LogP contribution in [-0.2, 0) is 17.8 Å². The Balaban J connectivity index is 1.15. The lowest BCUT2D eigenvalue weighted by Gasteiger charge is -2.20. The summed E-state index contributed by atoms with van der Waals surface area (Å²) in [7, 11) is 0. The second-order valence-corrected chi connectivity index (χ2v) is 13.2. The predicted octanol–water partition coefficient (Wildman–Crippen LogP) is 5.44. The van der Waals surface area contributed by atoms with Gasteiger partial charge in [0, 0.05) is 72.7 Å². The molecule has 220 valence electrons. The number of fused-ring (bicyclic) bond motifs is 3. The molecule has 2 fully saturated rings. The molecule has 3 aliphatic rings. The quantitative estimate of drug-likeness (QED) is 0.258. The maximum atomic E-state index is 14.3. The van der Waals surface area contributed by atoms with Gasteiger partial charge in [-0.05, 0) is 35.6 Å². The van der Waals surface area contributed by atoms with Crippen LogP contribution in [0.15, 0.2) is 54.4 Å². The normalized spacial score (nSPS) is 21.8. The van der Waals surface area contributed by atoms with E-state index < -0.39 is 18.1 Å². The number of anilines is 2. The van der Waals surface area contributed by atoms with Crippen molar-refractivity contribution in [1.29, 1.82) is 0 Å². The molecule has 0 bridgehead atoms. The average Bonchev–Trinajstić information content (AvgIpc) is 3.82. The number of nitrogens with zero attached hydrogens (tertiary/aromatic N) is 6. The van der Waals surface area contributed by atoms with Crippen LogP contribution in [0.2, 0.25) is 10.0 Å². The van der Waals surface area contributed by atoms with Gasteiger partial charge in [0.2, 0.25) is 0 Å². The van der Waals surface area contributed by atoms with E-state index in [2.05, 4.69) is 49.8 Å². The first kappa shape index (κ1) is 27.1. The zero-order chi connectivity index (χ0) is 29.2. The maximum absolute atomic E-state index is 14.3. The number of aromatic nitrogens is 5. The smallest absolute Gasteiger partial charge is 0.257 e. The van der Waals surface area contributed by atoms with Crippen LogP contribution in [0.5, 0.6) is 0 Å². The highest BCUT2D eigenvalue weighted by molar-refractivity contribution is 7.13. The van der Waals surface area contributed by atoms with E-state index in [1.54, 1.807) is 28.7 Å². The van der Waals surface area contributed by atoms with Crippen molar-refractivity contribution >= 4 is 62.2 Å². The van der Waals surface area contributed by atoms with Crippen molar-refractivity contribution in [2.75, 3.05) is 36.4 Å². The van der Waals surface area contributed by atoms with E-state index in [0.717, 1.165) is 37.3 Å². The third kappa shape index (κ3) is 4.69. The van der Waals surface area contributed by atoms with Crippen molar-refractivity contribution in [3.8, 4) is 11.1 Å². The van der Waals surface area contributed by atoms with Crippen LogP contribution in [0.4, 0.5) is 15.2 Å². The fraction of sp³-hybridized carbons (Fsp3) is 0.333. The molecule has 0 radical (unpaired) electrons. The van der Waals surface area contributed by atoms with Gasteiger partial charge in [0.15, 0.2) is 11.2 Å². The van der Waals surface area contributed by atoms with Crippen LogP contribution in [0.25, 0.3) is 22.0 Å². The summed E-state index contributed by atoms with van der Waals surface area (Å²) in [4.78, 5) is 24.9. The van der Waals surface area contributed by atoms with E-state index in [1.165, 1.54) is 21.7 Å². The monoisotopic (exact) mass is 636 g/mol. The molecule has 0 aliphatic carbocycles. The van der Waals surface area contributed by atoms with Crippen LogP contribution < -0.4 is 15.5 Å². The molecule has 1 amide bonds. The minimum atomic E-state index is -1.03. The van der Waals surface area contributed by atoms with Gasteiger partial charge in [0.05, 0.1) is 28.6 Å². The van der Waals surface area contributed by atoms with E-state index in [9.17, 15) is 9.18 Å². The number of amides is 1. The Bertz CT molecular complexity index is 1830. The van der Waals surface area contributed by atoms with Crippen molar-refractivity contribution in [2.45, 2.75) is 25.2 Å². The molecule has 3 aromatic heterocycles. The SMILES string of the molecule is O=C(Nc1nccs1)C(c1ncn2c1C[C@@H](F)C2)n1cc2c(Cl)cc(-c3ccc(N4C[C@H]5CNC[C@H]5C4)cc3)c(Cl)c2n1. The van der Waals surface area contributed by atoms with Crippen molar-refractivity contribution in [3.63, 3.8) is 0 Å². The second kappa shape index (κ2) is 10.6. The molecule has 2 N–H and O–H groups in total. The highest BCUT2D eigenvalue weighted by Crippen LogP contribution is 2.40. The first-order chi connectivity index (χ1) is 20.9. The first-order valence-corrected chi connectivity index (χ1v) is 15.9. The number of carbonyl (C=O) groups is 1. The largest absolute Gasteiger partial charge is 0.371 e. The number of imidazole rings is 1. The maximum Gasteiger partial charge on any atom is 0.257 e. The summed E-state index contributed by atoms with van der Waals surface area (Å²) < 4.78 is 17.6. The van der Waals surface area contributed by atoms with E-state index in [0.29, 0.717) is 49.3 Å². The topological polar surface area (TPSA) is 92.9 Å². The third-order valence-electron chi connectivity index (χ3n) is 8.86. The first-order valence-electron chi connectivity index (χ1n) is 14.2. The zero-order valence-corrected chi connectivity index (χ0v) is 25.2. The van der Waals surface area contributed by atoms with Gasteiger partial charge < -0.3 is 14.8 Å². The number of carbonyl (C=O) groups excluding carboxylic acids is 1. The molecule has 43 heavy (non-hydrogen) atoms. The number of hydrogen-bond donors (Lipinski definition) is 2. The summed E-state index contributed by atoms with van der Waals surface area (Å²) in [5.41, 5.74) is 4.45. The highest BCUT2D eigenvalue weighted by Gasteiger charge is 2.37. The van der Waals surface area contributed by atoms with E-state index in [4.69, 9.17) is 28.3 Å². The van der Waals surface area contributed by atoms with Crippen LogP contribution in [0.1, 0.15) is 17.4 Å². The Morgan fingerprint density at radius 2 is 1.91 bits per heavy atom. The molecule has 1 unspecified atom stereocenters. The van der Waals surface area contributed by atoms with E-state index >= 15 is 0 Å². The Morgan fingerprint density at radius 1 is 1.12 bits per heavy atom. The number of thiazole rings is 1. The summed E-state index contributed by atoms with van der Waals surface area (Å²) in [6.45, 7) is 4.52. The van der Waals surface area contributed by atoms with Gasteiger partial charge in [0.25, 0.3) is 5.91 Å². The minimum absolute atomic E-state index is 0.175. The molecule has 2 saturated heterocycles. The lowest BCUT2D eigenvalue weighted by Crippen LogP contribution is -2.28. The van der Waals surface area contributed by atoms with E-state index in [1.807, 2.05) is 6.07 Å². The Morgan fingerprint density at radius 3 is 2.65 bits per heavy atom. The molecule has 2 aromatic carbocycles. The van der Waals surface area contributed by atoms with Crippen LogP contribution >= 0.6 is 34.5 Å². The van der Waals surface area contributed by atoms with Crippen LogP contribution in [-0.4, -0.2) is 62.6 Å². The van der Waals surface area contributed by atoms with Gasteiger partial charge in [-0.1, -0.05) is 35.3 Å². The lowest BCUT2D eigenvalue weighted by molar-refractivity contribution is -0.118. The number of alkyl halides is 1. The standard InChI is InChI=1S/C30H27Cl2FN8OS/c31-23-8-21(16-1-3-20(4-2-16)39-11-17-9-34-10-18(17)12-39)25(32)26-22(23)14-41(38-26)28(29(42)37-30-35-5-6-43-30)27-24-7-19(33)13-40(24)15-36-27/h1-6,8,14-15,17-19,28,34H,7,9-13H2,(H,35,37,42)/t17-,18+,19-,28?/m1/s1. The fourth-order valence-corrected chi connectivity index (χ4v) is 7.81. The molecule has 4 atom stereocenters. The summed E-state index contributed by atoms with van der Waals surface area (Å²) >= 11 is 15.1. The van der Waals surface area contributed by atoms with Crippen molar-refractivity contribution in [2.24, 2.45) is 11.8 Å². The summed E-state index contributed by atoms with van der Waals surface area (Å²) in [5, 5.41) is 14.9. The summed E-state index contributed by atoms with van der Waals surface area (Å²) in [5.74, 6) is 1.02. The van der Waals surface area contributed by atoms with Crippen molar-refractivity contribution < 1.29 is 9.18 Å². The molecule has 0 spiro atoms. The van der Waals surface area contributed by atoms with Gasteiger partial charge in [0.1, 0.15) is 11.7 Å².